The molecule has 3 aliphatic heterocycles. The van der Waals surface area contributed by atoms with Gasteiger partial charge >= 0.3 is 12.0 Å². The Balaban J connectivity index is 1.20. The number of nitrogens with zero attached hydrogens (tertiary/aromatic N) is 5. The van der Waals surface area contributed by atoms with Crippen molar-refractivity contribution < 1.29 is 33.8 Å². The first-order valence-corrected chi connectivity index (χ1v) is 22.0. The number of ether oxygens (including phenoxy) is 2. The summed E-state index contributed by atoms with van der Waals surface area (Å²) in [6.07, 6.45) is -0.905. The average Bonchev–Trinajstić information content (AvgIpc) is 4.00. The van der Waals surface area contributed by atoms with Gasteiger partial charge < -0.3 is 25.6 Å². The Hall–Kier alpha value is -8.12. The van der Waals surface area contributed by atoms with Crippen LogP contribution >= 0.6 is 0 Å². The molecule has 0 bridgehead atoms. The van der Waals surface area contributed by atoms with Crippen LogP contribution in [0.25, 0.3) is 11.0 Å². The maximum Gasteiger partial charge on any atom is 0.329 e. The molecule has 14 nitrogen and oxygen atoms in total. The first kappa shape index (κ1) is 42.8. The minimum atomic E-state index is -2.02. The van der Waals surface area contributed by atoms with Crippen LogP contribution in [-0.4, -0.2) is 68.1 Å². The minimum Gasteiger partial charge on any atom is -0.491 e. The van der Waals surface area contributed by atoms with Crippen LogP contribution in [0, 0.1) is 17.8 Å². The van der Waals surface area contributed by atoms with E-state index in [1.54, 1.807) is 47.1 Å². The number of imide groups is 1. The van der Waals surface area contributed by atoms with Crippen LogP contribution in [0.2, 0.25) is 0 Å². The van der Waals surface area contributed by atoms with E-state index in [1.165, 1.54) is 0 Å². The highest BCUT2D eigenvalue weighted by Crippen LogP contribution is 2.65. The number of nitrogens with two attached hydrogens (primary N) is 1. The van der Waals surface area contributed by atoms with Crippen LogP contribution < -0.4 is 20.7 Å². The summed E-state index contributed by atoms with van der Waals surface area (Å²) in [6.45, 7) is 1.83. The molecule has 4 heterocycles. The molecule has 4 amide bonds. The number of nitrogens with one attached hydrogen (secondary N) is 1. The lowest BCUT2D eigenvalue weighted by Crippen LogP contribution is -2.55. The van der Waals surface area contributed by atoms with E-state index in [4.69, 9.17) is 15.2 Å². The van der Waals surface area contributed by atoms with Crippen LogP contribution in [0.3, 0.4) is 0 Å². The summed E-state index contributed by atoms with van der Waals surface area (Å²) in [5.74, 6) is 2.86. The van der Waals surface area contributed by atoms with E-state index in [-0.39, 0.29) is 31.0 Å². The number of benzene rings is 6. The highest BCUT2D eigenvalue weighted by molar-refractivity contribution is 6.24. The monoisotopic (exact) mass is 891 g/mol. The number of hydrogen-bond donors (Lipinski definition) is 3. The van der Waals surface area contributed by atoms with Gasteiger partial charge in [-0.1, -0.05) is 132 Å². The van der Waals surface area contributed by atoms with Crippen molar-refractivity contribution in [2.45, 2.75) is 49.2 Å². The largest absolute Gasteiger partial charge is 0.491 e. The molecule has 0 saturated carbocycles. The number of aliphatic hydroxyl groups excluding tert-OH is 1. The van der Waals surface area contributed by atoms with Crippen LogP contribution in [0.4, 0.5) is 10.5 Å². The molecule has 67 heavy (non-hydrogen) atoms. The number of carbonyl (C=O) groups excluding carboxylic acids is 4. The molecule has 2 fully saturated rings. The topological polar surface area (TPSA) is 182 Å². The van der Waals surface area contributed by atoms with Crippen molar-refractivity contribution >= 4 is 40.5 Å². The highest BCUT2D eigenvalue weighted by atomic mass is 16.6. The third-order valence-electron chi connectivity index (χ3n) is 13.0. The lowest BCUT2D eigenvalue weighted by molar-refractivity contribution is -0.178. The number of morpholine rings is 1. The molecule has 7 atom stereocenters. The van der Waals surface area contributed by atoms with E-state index in [2.05, 4.69) is 27.5 Å². The summed E-state index contributed by atoms with van der Waals surface area (Å²) in [5, 5.41) is 21.1. The first-order valence-electron chi connectivity index (χ1n) is 22.0. The van der Waals surface area contributed by atoms with Gasteiger partial charge in [-0.15, -0.1) is 5.10 Å². The maximum absolute atomic E-state index is 16.3. The molecule has 334 valence electrons. The predicted octanol–water partition coefficient (Wildman–Crippen LogP) is 6.48. The smallest absolute Gasteiger partial charge is 0.329 e. The summed E-state index contributed by atoms with van der Waals surface area (Å²) in [4.78, 5) is 63.8. The van der Waals surface area contributed by atoms with Crippen molar-refractivity contribution in [2.24, 2.45) is 11.7 Å². The molecule has 0 radical (unpaired) electrons. The number of fused-ring (bicyclic) bond motifs is 4. The number of amides is 4. The zero-order valence-corrected chi connectivity index (χ0v) is 36.3. The molecule has 1 aromatic heterocycles. The molecule has 14 heteroatoms. The van der Waals surface area contributed by atoms with E-state index < -0.39 is 65.4 Å². The average molecular weight is 892 g/mol. The fraction of sp³-hybridized carbons (Fsp3) is 0.208. The fourth-order valence-electron chi connectivity index (χ4n) is 10.3. The SMILES string of the molecule is C[C@@H](NC(=O)N1C(=O)[C@@]2(c3cc(C#CCn4nnc5ccccc54)ccc31)[C@H](c1ccc(OCCO)cc1)N1[C@H](c3ccccc3)[C@H](c3ccccc3)OC(=O)[C@H]1[C@@H]2C(N)=O)c1ccccc1. The van der Waals surface area contributed by atoms with Crippen molar-refractivity contribution in [1.29, 1.82) is 0 Å². The van der Waals surface area contributed by atoms with Crippen LogP contribution in [0.15, 0.2) is 158 Å². The summed E-state index contributed by atoms with van der Waals surface area (Å²) < 4.78 is 13.9. The lowest BCUT2D eigenvalue weighted by Gasteiger charge is -2.46. The van der Waals surface area contributed by atoms with E-state index in [1.807, 2.05) is 127 Å². The second kappa shape index (κ2) is 17.7. The lowest BCUT2D eigenvalue weighted by atomic mass is 9.65. The van der Waals surface area contributed by atoms with Gasteiger partial charge in [-0.3, -0.25) is 19.3 Å². The van der Waals surface area contributed by atoms with Gasteiger partial charge in [0.1, 0.15) is 42.0 Å². The number of para-hydroxylation sites is 1. The van der Waals surface area contributed by atoms with E-state index >= 15 is 9.59 Å². The molecular formula is C53H45N7O7. The third-order valence-corrected chi connectivity index (χ3v) is 13.0. The predicted molar refractivity (Wildman–Crippen MR) is 248 cm³/mol. The Labute approximate surface area is 385 Å². The molecule has 0 aliphatic carbocycles. The quantitative estimate of drug-likeness (QED) is 0.102. The maximum atomic E-state index is 16.3. The fourth-order valence-corrected chi connectivity index (χ4v) is 10.3. The summed E-state index contributed by atoms with van der Waals surface area (Å²) in [7, 11) is 0. The number of primary amides is 1. The normalized spacial score (nSPS) is 22.4. The number of aliphatic hydroxyl groups is 1. The zero-order valence-electron chi connectivity index (χ0n) is 36.3. The number of cyclic esters (lactones) is 1. The van der Waals surface area contributed by atoms with Gasteiger partial charge in [0.05, 0.1) is 41.9 Å². The molecule has 2 saturated heterocycles. The number of anilines is 1. The Bertz CT molecular complexity index is 3060. The summed E-state index contributed by atoms with van der Waals surface area (Å²) in [5.41, 5.74) is 9.80. The van der Waals surface area contributed by atoms with E-state index in [9.17, 15) is 14.7 Å². The second-order valence-corrected chi connectivity index (χ2v) is 16.8. The number of urea groups is 1. The Morgan fingerprint density at radius 3 is 2.21 bits per heavy atom. The van der Waals surface area contributed by atoms with Crippen molar-refractivity contribution in [3.05, 3.63) is 191 Å². The molecule has 7 aromatic rings. The van der Waals surface area contributed by atoms with Gasteiger partial charge in [-0.05, 0) is 77.2 Å². The van der Waals surface area contributed by atoms with Crippen molar-refractivity contribution in [1.82, 2.24) is 25.2 Å². The van der Waals surface area contributed by atoms with Gasteiger partial charge in [0.15, 0.2) is 0 Å². The molecule has 4 N–H and O–H groups in total. The number of carbonyl (C=O) groups is 4. The molecular weight excluding hydrogens is 847 g/mol. The number of aromatic nitrogens is 3. The zero-order chi connectivity index (χ0) is 46.2. The van der Waals surface area contributed by atoms with E-state index in [0.29, 0.717) is 22.4 Å². The van der Waals surface area contributed by atoms with Gasteiger partial charge in [-0.25, -0.2) is 14.4 Å². The number of rotatable bonds is 10. The summed E-state index contributed by atoms with van der Waals surface area (Å²) >= 11 is 0. The van der Waals surface area contributed by atoms with Gasteiger partial charge in [0, 0.05) is 5.56 Å². The molecule has 0 unspecified atom stereocenters. The first-order chi connectivity index (χ1) is 32.7. The van der Waals surface area contributed by atoms with Crippen molar-refractivity contribution in [3.8, 4) is 17.6 Å². The van der Waals surface area contributed by atoms with Crippen LogP contribution in [0.1, 0.15) is 64.5 Å². The standard InChI is InChI=1S/C53H45N7O7/c1-33(35-15-5-2-6-16-35)55-52(65)59-42-28-23-34(14-13-29-58-43-22-12-11-21-41(43)56-57-58)32-40(42)53(51(59)64)44(49(54)62)46-50(63)67-47(37-19-9-4-10-20-37)45(36-17-7-3-8-18-36)60(46)48(53)38-24-26-39(27-25-38)66-31-30-61/h2-12,15-28,32-33,44-48,61H,29-31H2,1H3,(H2,54,62)(H,55,65)/t33-,44-,45-,46-,47+,48+,53-/m1/s1. The van der Waals surface area contributed by atoms with E-state index in [0.717, 1.165) is 27.1 Å². The Morgan fingerprint density at radius 1 is 0.836 bits per heavy atom. The van der Waals surface area contributed by atoms with Gasteiger partial charge in [0.2, 0.25) is 11.8 Å². The Morgan fingerprint density at radius 2 is 1.51 bits per heavy atom. The third kappa shape index (κ3) is 7.34. The summed E-state index contributed by atoms with van der Waals surface area (Å²) in [6, 6.07) is 43.2. The molecule has 10 rings (SSSR count). The second-order valence-electron chi connectivity index (χ2n) is 16.8. The van der Waals surface area contributed by atoms with Gasteiger partial charge in [0.25, 0.3) is 0 Å². The minimum absolute atomic E-state index is 0.0413. The molecule has 6 aromatic carbocycles. The number of esters is 1. The van der Waals surface area contributed by atoms with Gasteiger partial charge in [-0.2, -0.15) is 0 Å². The Kier molecular flexibility index (Phi) is 11.3. The molecule has 3 aliphatic rings. The van der Waals surface area contributed by atoms with Crippen molar-refractivity contribution in [3.63, 3.8) is 0 Å². The molecule has 1 spiro atoms. The van der Waals surface area contributed by atoms with Crippen LogP contribution in [-0.2, 0) is 31.1 Å². The highest BCUT2D eigenvalue weighted by Gasteiger charge is 2.75. The number of hydrogen-bond acceptors (Lipinski definition) is 10. The van der Waals surface area contributed by atoms with Crippen molar-refractivity contribution in [2.75, 3.05) is 18.1 Å². The van der Waals surface area contributed by atoms with Crippen LogP contribution in [0.5, 0.6) is 5.75 Å².